The van der Waals surface area contributed by atoms with Gasteiger partial charge >= 0.3 is 0 Å². The van der Waals surface area contributed by atoms with Crippen molar-refractivity contribution in [2.24, 2.45) is 5.73 Å². The van der Waals surface area contributed by atoms with Crippen LogP contribution in [0.25, 0.3) is 0 Å². The van der Waals surface area contributed by atoms with Gasteiger partial charge in [0.05, 0.1) is 19.3 Å². The van der Waals surface area contributed by atoms with E-state index in [1.807, 2.05) is 0 Å². The number of alkyl halides is 1. The van der Waals surface area contributed by atoms with Crippen LogP contribution in [0.3, 0.4) is 0 Å². The van der Waals surface area contributed by atoms with Gasteiger partial charge in [-0.25, -0.2) is 8.78 Å². The Hall–Kier alpha value is -0.560. The minimum atomic E-state index is -2.04. The number of hydrogen-bond donors (Lipinski definition) is 2. The molecule has 1 aliphatic heterocycles. The standard InChI is InChI=1S/C13H16BrF2NO2/c1-8-5-12(16,6-18)13(17,7-19-8)9-2-10(14)4-11(15)3-9/h2-4,8,18H,5-7,17H2,1H3/t8-,12+,13+/m0/s1. The molecule has 3 N–H and O–H groups in total. The third-order valence-electron chi connectivity index (χ3n) is 3.63. The van der Waals surface area contributed by atoms with Crippen LogP contribution in [-0.4, -0.2) is 30.1 Å². The maximum absolute atomic E-state index is 15.0. The first-order chi connectivity index (χ1) is 8.80. The quantitative estimate of drug-likeness (QED) is 0.871. The Morgan fingerprint density at radius 2 is 2.21 bits per heavy atom. The maximum atomic E-state index is 15.0. The summed E-state index contributed by atoms with van der Waals surface area (Å²) in [6.07, 6.45) is -0.375. The van der Waals surface area contributed by atoms with Gasteiger partial charge in [0, 0.05) is 10.9 Å². The molecule has 0 unspecified atom stereocenters. The summed E-state index contributed by atoms with van der Waals surface area (Å²) in [5.74, 6) is -0.520. The van der Waals surface area contributed by atoms with Crippen LogP contribution in [0.15, 0.2) is 22.7 Å². The zero-order valence-electron chi connectivity index (χ0n) is 10.5. The van der Waals surface area contributed by atoms with E-state index in [0.717, 1.165) is 0 Å². The number of aliphatic hydroxyl groups excluding tert-OH is 1. The van der Waals surface area contributed by atoms with Crippen LogP contribution in [0.5, 0.6) is 0 Å². The maximum Gasteiger partial charge on any atom is 0.160 e. The molecule has 0 aliphatic carbocycles. The molecule has 2 rings (SSSR count). The fourth-order valence-corrected chi connectivity index (χ4v) is 2.92. The van der Waals surface area contributed by atoms with Crippen molar-refractivity contribution in [3.8, 4) is 0 Å². The Morgan fingerprint density at radius 1 is 1.53 bits per heavy atom. The van der Waals surface area contributed by atoms with Crippen LogP contribution >= 0.6 is 15.9 Å². The Kier molecular flexibility index (Phi) is 3.97. The summed E-state index contributed by atoms with van der Waals surface area (Å²) in [5, 5.41) is 9.39. The summed E-state index contributed by atoms with van der Waals surface area (Å²) < 4.78 is 34.3. The molecule has 0 amide bonds. The first kappa shape index (κ1) is 14.8. The zero-order valence-corrected chi connectivity index (χ0v) is 12.1. The van der Waals surface area contributed by atoms with Crippen molar-refractivity contribution in [1.29, 1.82) is 0 Å². The third-order valence-corrected chi connectivity index (χ3v) is 4.09. The first-order valence-corrected chi connectivity index (χ1v) is 6.77. The average Bonchev–Trinajstić information content (AvgIpc) is 2.33. The van der Waals surface area contributed by atoms with Crippen LogP contribution in [0.4, 0.5) is 8.78 Å². The molecule has 1 saturated heterocycles. The van der Waals surface area contributed by atoms with Gasteiger partial charge in [-0.1, -0.05) is 15.9 Å². The molecule has 1 aliphatic rings. The molecule has 0 aromatic heterocycles. The number of halogens is 3. The Bertz CT molecular complexity index is 467. The van der Waals surface area contributed by atoms with Gasteiger partial charge in [0.2, 0.25) is 0 Å². The highest BCUT2D eigenvalue weighted by Crippen LogP contribution is 2.42. The van der Waals surface area contributed by atoms with Gasteiger partial charge in [-0.2, -0.15) is 0 Å². The smallest absolute Gasteiger partial charge is 0.160 e. The van der Waals surface area contributed by atoms with Crippen LogP contribution in [0.2, 0.25) is 0 Å². The number of benzene rings is 1. The molecule has 0 bridgehead atoms. The fourth-order valence-electron chi connectivity index (χ4n) is 2.46. The number of rotatable bonds is 2. The molecule has 0 saturated carbocycles. The molecule has 1 heterocycles. The van der Waals surface area contributed by atoms with Crippen molar-refractivity contribution in [2.45, 2.75) is 30.7 Å². The second kappa shape index (κ2) is 5.09. The van der Waals surface area contributed by atoms with E-state index in [4.69, 9.17) is 10.5 Å². The van der Waals surface area contributed by atoms with Crippen LogP contribution in [0.1, 0.15) is 18.9 Å². The van der Waals surface area contributed by atoms with E-state index in [1.165, 1.54) is 12.1 Å². The highest BCUT2D eigenvalue weighted by Gasteiger charge is 2.54. The van der Waals surface area contributed by atoms with Gasteiger partial charge in [-0.05, 0) is 30.7 Å². The van der Waals surface area contributed by atoms with Gasteiger partial charge in [0.25, 0.3) is 0 Å². The van der Waals surface area contributed by atoms with E-state index in [2.05, 4.69) is 15.9 Å². The number of nitrogens with two attached hydrogens (primary N) is 1. The second-order valence-electron chi connectivity index (χ2n) is 5.08. The lowest BCUT2D eigenvalue weighted by atomic mass is 9.73. The molecule has 0 spiro atoms. The Balaban J connectivity index is 2.49. The van der Waals surface area contributed by atoms with Crippen molar-refractivity contribution in [3.63, 3.8) is 0 Å². The topological polar surface area (TPSA) is 55.5 Å². The molecule has 3 atom stereocenters. The summed E-state index contributed by atoms with van der Waals surface area (Å²) in [4.78, 5) is 0. The molecule has 0 radical (unpaired) electrons. The van der Waals surface area contributed by atoms with Crippen molar-refractivity contribution in [2.75, 3.05) is 13.2 Å². The lowest BCUT2D eigenvalue weighted by Crippen LogP contribution is -2.64. The zero-order chi connectivity index (χ0) is 14.3. The van der Waals surface area contributed by atoms with Crippen LogP contribution in [-0.2, 0) is 10.3 Å². The molecule has 1 aromatic carbocycles. The fraction of sp³-hybridized carbons (Fsp3) is 0.538. The predicted molar refractivity (Wildman–Crippen MR) is 70.9 cm³/mol. The molecular weight excluding hydrogens is 320 g/mol. The van der Waals surface area contributed by atoms with E-state index in [1.54, 1.807) is 13.0 Å². The number of aliphatic hydroxyl groups is 1. The molecular formula is C13H16BrF2NO2. The van der Waals surface area contributed by atoms with E-state index in [0.29, 0.717) is 4.47 Å². The summed E-state index contributed by atoms with van der Waals surface area (Å²) in [6, 6.07) is 3.98. The van der Waals surface area contributed by atoms with Crippen molar-refractivity contribution in [3.05, 3.63) is 34.1 Å². The molecule has 6 heteroatoms. The highest BCUT2D eigenvalue weighted by atomic mass is 79.9. The lowest BCUT2D eigenvalue weighted by Gasteiger charge is -2.47. The highest BCUT2D eigenvalue weighted by molar-refractivity contribution is 9.10. The molecule has 19 heavy (non-hydrogen) atoms. The molecule has 106 valence electrons. The number of hydrogen-bond acceptors (Lipinski definition) is 3. The normalized spacial score (nSPS) is 35.4. The largest absolute Gasteiger partial charge is 0.393 e. The van der Waals surface area contributed by atoms with Crippen LogP contribution in [0, 0.1) is 5.82 Å². The number of ether oxygens (including phenoxy) is 1. The van der Waals surface area contributed by atoms with Gasteiger partial charge < -0.3 is 15.6 Å². The summed E-state index contributed by atoms with van der Waals surface area (Å²) in [7, 11) is 0. The predicted octanol–water partition coefficient (Wildman–Crippen LogP) is 2.25. The molecule has 3 nitrogen and oxygen atoms in total. The van der Waals surface area contributed by atoms with E-state index < -0.39 is 23.6 Å². The van der Waals surface area contributed by atoms with Gasteiger partial charge in [0.15, 0.2) is 5.67 Å². The van der Waals surface area contributed by atoms with Crippen LogP contribution < -0.4 is 5.73 Å². The summed E-state index contributed by atoms with van der Waals surface area (Å²) in [6.45, 7) is 0.873. The van der Waals surface area contributed by atoms with Gasteiger partial charge in [-0.3, -0.25) is 0 Å². The van der Waals surface area contributed by atoms with Gasteiger partial charge in [-0.15, -0.1) is 0 Å². The summed E-state index contributed by atoms with van der Waals surface area (Å²) in [5.41, 5.74) is 2.77. The van der Waals surface area contributed by atoms with Crippen molar-refractivity contribution < 1.29 is 18.6 Å². The Labute approximate surface area is 118 Å². The average molecular weight is 336 g/mol. The summed E-state index contributed by atoms with van der Waals surface area (Å²) >= 11 is 3.15. The second-order valence-corrected chi connectivity index (χ2v) is 5.99. The first-order valence-electron chi connectivity index (χ1n) is 5.97. The SMILES string of the molecule is C[C@H]1C[C@@](F)(CO)[C@](N)(c2cc(F)cc(Br)c2)CO1. The van der Waals surface area contributed by atoms with Crippen molar-refractivity contribution in [1.82, 2.24) is 0 Å². The molecule has 1 fully saturated rings. The minimum Gasteiger partial charge on any atom is -0.393 e. The van der Waals surface area contributed by atoms with E-state index in [-0.39, 0.29) is 24.7 Å². The Morgan fingerprint density at radius 3 is 2.79 bits per heavy atom. The molecule has 1 aromatic rings. The van der Waals surface area contributed by atoms with E-state index in [9.17, 15) is 13.9 Å². The van der Waals surface area contributed by atoms with E-state index >= 15 is 0 Å². The minimum absolute atomic E-state index is 0.0336. The third kappa shape index (κ3) is 2.54. The van der Waals surface area contributed by atoms with Gasteiger partial charge in [0.1, 0.15) is 11.4 Å². The van der Waals surface area contributed by atoms with Crippen molar-refractivity contribution >= 4 is 15.9 Å². The lowest BCUT2D eigenvalue weighted by molar-refractivity contribution is -0.135. The monoisotopic (exact) mass is 335 g/mol.